The van der Waals surface area contributed by atoms with Crippen molar-refractivity contribution in [3.8, 4) is 0 Å². The average molecular weight is 277 g/mol. The predicted molar refractivity (Wildman–Crippen MR) is 80.3 cm³/mol. The molecule has 19 heavy (non-hydrogen) atoms. The van der Waals surface area contributed by atoms with E-state index < -0.39 is 0 Å². The van der Waals surface area contributed by atoms with Gasteiger partial charge in [-0.05, 0) is 30.7 Å². The van der Waals surface area contributed by atoms with Crippen LogP contribution in [0.3, 0.4) is 0 Å². The third kappa shape index (κ3) is 3.16. The van der Waals surface area contributed by atoms with E-state index in [4.69, 9.17) is 17.4 Å². The fraction of sp³-hybridized carbons (Fsp3) is 0.214. The lowest BCUT2D eigenvalue weighted by Crippen LogP contribution is -2.22. The van der Waals surface area contributed by atoms with E-state index in [1.54, 1.807) is 6.20 Å². The molecule has 0 bridgehead atoms. The van der Waals surface area contributed by atoms with Crippen molar-refractivity contribution in [2.45, 2.75) is 13.0 Å². The first kappa shape index (κ1) is 13.6. The van der Waals surface area contributed by atoms with E-state index in [1.807, 2.05) is 37.4 Å². The van der Waals surface area contributed by atoms with Crippen LogP contribution < -0.4 is 16.2 Å². The molecule has 0 aliphatic rings. The van der Waals surface area contributed by atoms with Crippen LogP contribution in [0.5, 0.6) is 0 Å². The Morgan fingerprint density at radius 1 is 1.32 bits per heavy atom. The minimum atomic E-state index is 0.201. The summed E-state index contributed by atoms with van der Waals surface area (Å²) in [7, 11) is 2.03. The van der Waals surface area contributed by atoms with E-state index in [-0.39, 0.29) is 6.04 Å². The van der Waals surface area contributed by atoms with Crippen molar-refractivity contribution < 1.29 is 0 Å². The number of hydrogen-bond acceptors (Lipinski definition) is 4. The van der Waals surface area contributed by atoms with Crippen LogP contribution >= 0.6 is 11.6 Å². The van der Waals surface area contributed by atoms with Gasteiger partial charge < -0.3 is 10.3 Å². The van der Waals surface area contributed by atoms with Crippen molar-refractivity contribution in [2.75, 3.05) is 17.4 Å². The fourth-order valence-corrected chi connectivity index (χ4v) is 2.13. The molecule has 5 heteroatoms. The Morgan fingerprint density at radius 3 is 2.79 bits per heavy atom. The summed E-state index contributed by atoms with van der Waals surface area (Å²) in [6.07, 6.45) is 1.73. The van der Waals surface area contributed by atoms with Gasteiger partial charge in [-0.15, -0.1) is 0 Å². The highest BCUT2D eigenvalue weighted by atomic mass is 35.5. The number of halogens is 1. The smallest absolute Gasteiger partial charge is 0.141 e. The number of nitrogen functional groups attached to an aromatic ring is 1. The molecule has 0 saturated heterocycles. The van der Waals surface area contributed by atoms with Gasteiger partial charge in [-0.2, -0.15) is 0 Å². The SMILES string of the molecule is CC(c1cccc(Cl)c1)N(C)c1ccnc(NN)c1. The molecule has 1 heterocycles. The minimum Gasteiger partial charge on any atom is -0.368 e. The summed E-state index contributed by atoms with van der Waals surface area (Å²) in [5.41, 5.74) is 4.75. The van der Waals surface area contributed by atoms with Crippen LogP contribution in [0, 0.1) is 0 Å². The van der Waals surface area contributed by atoms with Crippen LogP contribution in [0.2, 0.25) is 5.02 Å². The summed E-state index contributed by atoms with van der Waals surface area (Å²) >= 11 is 6.03. The fourth-order valence-electron chi connectivity index (χ4n) is 1.93. The predicted octanol–water partition coefficient (Wildman–Crippen LogP) is 3.22. The second-order valence-electron chi connectivity index (χ2n) is 4.39. The molecule has 0 amide bonds. The van der Waals surface area contributed by atoms with Crippen molar-refractivity contribution in [1.82, 2.24) is 4.98 Å². The number of nitrogens with two attached hydrogens (primary N) is 1. The van der Waals surface area contributed by atoms with Gasteiger partial charge in [-0.1, -0.05) is 23.7 Å². The van der Waals surface area contributed by atoms with Crippen molar-refractivity contribution in [1.29, 1.82) is 0 Å². The Morgan fingerprint density at radius 2 is 2.11 bits per heavy atom. The number of anilines is 2. The topological polar surface area (TPSA) is 54.2 Å². The second kappa shape index (κ2) is 5.91. The van der Waals surface area contributed by atoms with Gasteiger partial charge in [0.25, 0.3) is 0 Å². The van der Waals surface area contributed by atoms with Gasteiger partial charge in [-0.3, -0.25) is 0 Å². The van der Waals surface area contributed by atoms with E-state index >= 15 is 0 Å². The van der Waals surface area contributed by atoms with Gasteiger partial charge >= 0.3 is 0 Å². The lowest BCUT2D eigenvalue weighted by Gasteiger charge is -2.27. The largest absolute Gasteiger partial charge is 0.368 e. The summed E-state index contributed by atoms with van der Waals surface area (Å²) < 4.78 is 0. The highest BCUT2D eigenvalue weighted by molar-refractivity contribution is 6.30. The molecule has 0 aliphatic carbocycles. The number of pyridine rings is 1. The quantitative estimate of drug-likeness (QED) is 0.665. The molecular weight excluding hydrogens is 260 g/mol. The van der Waals surface area contributed by atoms with Crippen molar-refractivity contribution in [3.05, 3.63) is 53.2 Å². The molecule has 1 aromatic carbocycles. The molecule has 0 radical (unpaired) electrons. The standard InChI is InChI=1S/C14H17ClN4/c1-10(11-4-3-5-12(15)8-11)19(2)13-6-7-17-14(9-13)18-16/h3-10H,16H2,1-2H3,(H,17,18). The number of rotatable bonds is 4. The Balaban J connectivity index is 2.25. The Labute approximate surface area is 118 Å². The molecule has 2 rings (SSSR count). The highest BCUT2D eigenvalue weighted by Crippen LogP contribution is 2.27. The van der Waals surface area contributed by atoms with Gasteiger partial charge in [0.05, 0.1) is 6.04 Å². The Hall–Kier alpha value is -1.78. The normalized spacial score (nSPS) is 12.0. The number of hydrogen-bond donors (Lipinski definition) is 2. The molecular formula is C14H17ClN4. The first-order chi connectivity index (χ1) is 9.11. The maximum Gasteiger partial charge on any atom is 0.141 e. The molecule has 0 saturated carbocycles. The number of aromatic nitrogens is 1. The van der Waals surface area contributed by atoms with Crippen LogP contribution in [-0.4, -0.2) is 12.0 Å². The molecule has 0 spiro atoms. The highest BCUT2D eigenvalue weighted by Gasteiger charge is 2.13. The van der Waals surface area contributed by atoms with E-state index in [0.29, 0.717) is 5.82 Å². The maximum atomic E-state index is 6.03. The summed E-state index contributed by atoms with van der Waals surface area (Å²) in [6.45, 7) is 2.13. The van der Waals surface area contributed by atoms with Crippen LogP contribution in [-0.2, 0) is 0 Å². The van der Waals surface area contributed by atoms with Crippen molar-refractivity contribution in [2.24, 2.45) is 5.84 Å². The van der Waals surface area contributed by atoms with Crippen molar-refractivity contribution in [3.63, 3.8) is 0 Å². The molecule has 0 fully saturated rings. The first-order valence-corrected chi connectivity index (χ1v) is 6.40. The molecule has 4 nitrogen and oxygen atoms in total. The average Bonchev–Trinajstić information content (AvgIpc) is 2.45. The number of hydrazine groups is 1. The van der Waals surface area contributed by atoms with E-state index in [2.05, 4.69) is 28.3 Å². The molecule has 0 aliphatic heterocycles. The molecule has 1 aromatic heterocycles. The van der Waals surface area contributed by atoms with Crippen LogP contribution in [0.4, 0.5) is 11.5 Å². The van der Waals surface area contributed by atoms with Gasteiger partial charge in [0.15, 0.2) is 0 Å². The van der Waals surface area contributed by atoms with Gasteiger partial charge in [0.1, 0.15) is 5.82 Å². The summed E-state index contributed by atoms with van der Waals surface area (Å²) in [4.78, 5) is 6.25. The zero-order valence-corrected chi connectivity index (χ0v) is 11.7. The van der Waals surface area contributed by atoms with E-state index in [0.717, 1.165) is 16.3 Å². The summed E-state index contributed by atoms with van der Waals surface area (Å²) in [5, 5.41) is 0.747. The number of benzene rings is 1. The molecule has 3 N–H and O–H groups in total. The van der Waals surface area contributed by atoms with Crippen LogP contribution in [0.15, 0.2) is 42.6 Å². The maximum absolute atomic E-state index is 6.03. The van der Waals surface area contributed by atoms with Gasteiger partial charge in [-0.25, -0.2) is 10.8 Å². The lowest BCUT2D eigenvalue weighted by molar-refractivity contribution is 0.739. The number of nitrogens with one attached hydrogen (secondary N) is 1. The lowest BCUT2D eigenvalue weighted by atomic mass is 10.1. The van der Waals surface area contributed by atoms with E-state index in [1.165, 1.54) is 0 Å². The summed E-state index contributed by atoms with van der Waals surface area (Å²) in [5.74, 6) is 6.02. The third-order valence-electron chi connectivity index (χ3n) is 3.21. The van der Waals surface area contributed by atoms with Crippen LogP contribution in [0.25, 0.3) is 0 Å². The summed E-state index contributed by atoms with van der Waals surface area (Å²) in [6, 6.07) is 11.9. The Kier molecular flexibility index (Phi) is 4.24. The minimum absolute atomic E-state index is 0.201. The molecule has 2 aromatic rings. The van der Waals surface area contributed by atoms with Gasteiger partial charge in [0, 0.05) is 30.0 Å². The molecule has 1 unspecified atom stereocenters. The molecule has 100 valence electrons. The van der Waals surface area contributed by atoms with E-state index in [9.17, 15) is 0 Å². The molecule has 1 atom stereocenters. The van der Waals surface area contributed by atoms with Gasteiger partial charge in [0.2, 0.25) is 0 Å². The zero-order valence-electron chi connectivity index (χ0n) is 11.0. The second-order valence-corrected chi connectivity index (χ2v) is 4.82. The third-order valence-corrected chi connectivity index (χ3v) is 3.45. The number of nitrogens with zero attached hydrogens (tertiary/aromatic N) is 2. The van der Waals surface area contributed by atoms with Crippen LogP contribution in [0.1, 0.15) is 18.5 Å². The first-order valence-electron chi connectivity index (χ1n) is 6.03. The Bertz CT molecular complexity index is 559. The van der Waals surface area contributed by atoms with Crippen molar-refractivity contribution >= 4 is 23.1 Å². The monoisotopic (exact) mass is 276 g/mol. The zero-order chi connectivity index (χ0) is 13.8.